The van der Waals surface area contributed by atoms with Crippen LogP contribution in [0.4, 0.5) is 0 Å². The summed E-state index contributed by atoms with van der Waals surface area (Å²) in [6.07, 6.45) is 2.43. The average Bonchev–Trinajstić information content (AvgIpc) is 2.99. The lowest BCUT2D eigenvalue weighted by atomic mass is 9.77. The number of halogens is 1. The minimum absolute atomic E-state index is 0.0598. The van der Waals surface area contributed by atoms with Crippen molar-refractivity contribution in [3.63, 3.8) is 0 Å². The SMILES string of the molecule is Cc1nn(CC(=O)N2CCC3(CC2)CC(=O)N(CC(C)C)C3)c(C)c1Cl. The van der Waals surface area contributed by atoms with Crippen LogP contribution in [0.3, 0.4) is 0 Å². The Morgan fingerprint density at radius 2 is 1.92 bits per heavy atom. The molecule has 144 valence electrons. The number of hydrogen-bond acceptors (Lipinski definition) is 3. The highest BCUT2D eigenvalue weighted by Crippen LogP contribution is 2.41. The van der Waals surface area contributed by atoms with E-state index in [4.69, 9.17) is 11.6 Å². The molecule has 0 radical (unpaired) electrons. The lowest BCUT2D eigenvalue weighted by molar-refractivity contribution is -0.134. The van der Waals surface area contributed by atoms with Gasteiger partial charge >= 0.3 is 0 Å². The highest BCUT2D eigenvalue weighted by molar-refractivity contribution is 6.31. The fraction of sp³-hybridized carbons (Fsp3) is 0.737. The fourth-order valence-corrected chi connectivity index (χ4v) is 4.35. The summed E-state index contributed by atoms with van der Waals surface area (Å²) < 4.78 is 1.69. The molecule has 1 spiro atoms. The van der Waals surface area contributed by atoms with Crippen molar-refractivity contribution in [2.24, 2.45) is 11.3 Å². The summed E-state index contributed by atoms with van der Waals surface area (Å²) in [5.74, 6) is 0.838. The van der Waals surface area contributed by atoms with Gasteiger partial charge in [-0.05, 0) is 32.6 Å². The first-order chi connectivity index (χ1) is 12.2. The molecule has 0 N–H and O–H groups in total. The largest absolute Gasteiger partial charge is 0.342 e. The highest BCUT2D eigenvalue weighted by Gasteiger charge is 2.45. The van der Waals surface area contributed by atoms with Gasteiger partial charge in [-0.15, -0.1) is 0 Å². The van der Waals surface area contributed by atoms with Gasteiger partial charge in [-0.2, -0.15) is 5.10 Å². The normalized spacial score (nSPS) is 19.8. The van der Waals surface area contributed by atoms with Crippen LogP contribution in [0.25, 0.3) is 0 Å². The maximum Gasteiger partial charge on any atom is 0.244 e. The van der Waals surface area contributed by atoms with Crippen molar-refractivity contribution in [3.8, 4) is 0 Å². The van der Waals surface area contributed by atoms with Crippen molar-refractivity contribution in [3.05, 3.63) is 16.4 Å². The molecule has 3 heterocycles. The Morgan fingerprint density at radius 3 is 2.46 bits per heavy atom. The Morgan fingerprint density at radius 1 is 1.27 bits per heavy atom. The predicted molar refractivity (Wildman–Crippen MR) is 101 cm³/mol. The molecule has 0 bridgehead atoms. The molecule has 2 aliphatic heterocycles. The maximum atomic E-state index is 12.7. The van der Waals surface area contributed by atoms with E-state index in [2.05, 4.69) is 18.9 Å². The Labute approximate surface area is 160 Å². The number of likely N-dealkylation sites (tertiary alicyclic amines) is 2. The number of aryl methyl sites for hydroxylation is 1. The van der Waals surface area contributed by atoms with Crippen LogP contribution in [-0.2, 0) is 16.1 Å². The molecule has 0 saturated carbocycles. The Balaban J connectivity index is 1.57. The van der Waals surface area contributed by atoms with E-state index in [0.29, 0.717) is 30.5 Å². The van der Waals surface area contributed by atoms with Crippen LogP contribution >= 0.6 is 11.6 Å². The van der Waals surface area contributed by atoms with Crippen molar-refractivity contribution in [1.82, 2.24) is 19.6 Å². The number of nitrogens with zero attached hydrogens (tertiary/aromatic N) is 4. The molecule has 0 unspecified atom stereocenters. The number of carbonyl (C=O) groups excluding carboxylic acids is 2. The standard InChI is InChI=1S/C19H29ClN4O2/c1-13(2)10-23-12-19(9-16(23)25)5-7-22(8-6-19)17(26)11-24-15(4)18(20)14(3)21-24/h13H,5-12H2,1-4H3. The van der Waals surface area contributed by atoms with Crippen molar-refractivity contribution >= 4 is 23.4 Å². The number of piperidine rings is 1. The van der Waals surface area contributed by atoms with E-state index in [1.165, 1.54) is 0 Å². The van der Waals surface area contributed by atoms with Gasteiger partial charge in [0.05, 0.1) is 16.4 Å². The Bertz CT molecular complexity index is 705. The van der Waals surface area contributed by atoms with E-state index >= 15 is 0 Å². The maximum absolute atomic E-state index is 12.7. The fourth-order valence-electron chi connectivity index (χ4n) is 4.21. The molecule has 6 nitrogen and oxygen atoms in total. The number of aromatic nitrogens is 2. The molecule has 1 aromatic heterocycles. The number of rotatable bonds is 4. The molecule has 7 heteroatoms. The van der Waals surface area contributed by atoms with Crippen LogP contribution in [0.2, 0.25) is 5.02 Å². The third-order valence-electron chi connectivity index (χ3n) is 5.75. The summed E-state index contributed by atoms with van der Waals surface area (Å²) >= 11 is 6.17. The molecule has 0 atom stereocenters. The van der Waals surface area contributed by atoms with Crippen LogP contribution in [0, 0.1) is 25.2 Å². The first kappa shape index (κ1) is 19.2. The second kappa shape index (κ2) is 7.22. The van der Waals surface area contributed by atoms with Crippen molar-refractivity contribution in [1.29, 1.82) is 0 Å². The predicted octanol–water partition coefficient (Wildman–Crippen LogP) is 2.65. The second-order valence-corrected chi connectivity index (χ2v) is 8.75. The smallest absolute Gasteiger partial charge is 0.244 e. The van der Waals surface area contributed by atoms with E-state index in [0.717, 1.165) is 37.3 Å². The van der Waals surface area contributed by atoms with Gasteiger partial charge in [-0.3, -0.25) is 14.3 Å². The molecule has 3 rings (SSSR count). The molecule has 2 saturated heterocycles. The zero-order chi connectivity index (χ0) is 19.1. The van der Waals surface area contributed by atoms with Crippen LogP contribution in [-0.4, -0.2) is 57.6 Å². The molecule has 0 aromatic carbocycles. The van der Waals surface area contributed by atoms with Crippen LogP contribution in [0.1, 0.15) is 44.5 Å². The van der Waals surface area contributed by atoms with Gasteiger partial charge in [0.15, 0.2) is 0 Å². The molecule has 2 amide bonds. The molecule has 26 heavy (non-hydrogen) atoms. The van der Waals surface area contributed by atoms with Gasteiger partial charge in [0, 0.05) is 38.0 Å². The van der Waals surface area contributed by atoms with Gasteiger partial charge < -0.3 is 9.80 Å². The lowest BCUT2D eigenvalue weighted by Gasteiger charge is -2.39. The van der Waals surface area contributed by atoms with Crippen molar-refractivity contribution < 1.29 is 9.59 Å². The summed E-state index contributed by atoms with van der Waals surface area (Å²) in [5.41, 5.74) is 1.64. The first-order valence-corrected chi connectivity index (χ1v) is 9.84. The Kier molecular flexibility index (Phi) is 5.33. The minimum atomic E-state index is 0.0598. The topological polar surface area (TPSA) is 58.4 Å². The van der Waals surface area contributed by atoms with Crippen molar-refractivity contribution in [2.45, 2.75) is 53.5 Å². The van der Waals surface area contributed by atoms with Gasteiger partial charge in [-0.1, -0.05) is 25.4 Å². The molecule has 2 fully saturated rings. The molecule has 2 aliphatic rings. The first-order valence-electron chi connectivity index (χ1n) is 9.46. The zero-order valence-electron chi connectivity index (χ0n) is 16.2. The minimum Gasteiger partial charge on any atom is -0.342 e. The molecular formula is C19H29ClN4O2. The summed E-state index contributed by atoms with van der Waals surface area (Å²) in [5, 5.41) is 4.98. The number of amides is 2. The van der Waals surface area contributed by atoms with E-state index in [1.54, 1.807) is 4.68 Å². The quantitative estimate of drug-likeness (QED) is 0.806. The third-order valence-corrected chi connectivity index (χ3v) is 6.29. The Hall–Kier alpha value is -1.56. The van der Waals surface area contributed by atoms with E-state index < -0.39 is 0 Å². The summed E-state index contributed by atoms with van der Waals surface area (Å²) in [6.45, 7) is 11.4. The third kappa shape index (κ3) is 3.75. The van der Waals surface area contributed by atoms with E-state index in [9.17, 15) is 9.59 Å². The zero-order valence-corrected chi connectivity index (χ0v) is 17.0. The summed E-state index contributed by atoms with van der Waals surface area (Å²) in [7, 11) is 0. The second-order valence-electron chi connectivity index (χ2n) is 8.37. The average molecular weight is 381 g/mol. The van der Waals surface area contributed by atoms with Gasteiger partial charge in [0.2, 0.25) is 11.8 Å². The molecular weight excluding hydrogens is 352 g/mol. The van der Waals surface area contributed by atoms with Gasteiger partial charge in [-0.25, -0.2) is 0 Å². The molecule has 0 aliphatic carbocycles. The highest BCUT2D eigenvalue weighted by atomic mass is 35.5. The van der Waals surface area contributed by atoms with Crippen LogP contribution in [0.5, 0.6) is 0 Å². The number of hydrogen-bond donors (Lipinski definition) is 0. The summed E-state index contributed by atoms with van der Waals surface area (Å²) in [6, 6.07) is 0. The number of carbonyl (C=O) groups is 2. The summed E-state index contributed by atoms with van der Waals surface area (Å²) in [4.78, 5) is 28.9. The molecule has 1 aromatic rings. The van der Waals surface area contributed by atoms with E-state index in [-0.39, 0.29) is 23.8 Å². The lowest BCUT2D eigenvalue weighted by Crippen LogP contribution is -2.45. The van der Waals surface area contributed by atoms with Crippen LogP contribution < -0.4 is 0 Å². The van der Waals surface area contributed by atoms with Crippen LogP contribution in [0.15, 0.2) is 0 Å². The monoisotopic (exact) mass is 380 g/mol. The van der Waals surface area contributed by atoms with E-state index in [1.807, 2.05) is 23.6 Å². The van der Waals surface area contributed by atoms with Gasteiger partial charge in [0.1, 0.15) is 6.54 Å². The van der Waals surface area contributed by atoms with Crippen molar-refractivity contribution in [2.75, 3.05) is 26.2 Å². The van der Waals surface area contributed by atoms with Gasteiger partial charge in [0.25, 0.3) is 0 Å².